The van der Waals surface area contributed by atoms with Crippen molar-refractivity contribution >= 4 is 79.7 Å². The van der Waals surface area contributed by atoms with Gasteiger partial charge >= 0.3 is 0 Å². The molecule has 0 aliphatic carbocycles. The molecule has 3 aromatic rings. The summed E-state index contributed by atoms with van der Waals surface area (Å²) in [5, 5.41) is 3.12. The Morgan fingerprint density at radius 2 is 1.84 bits per heavy atom. The number of hydrogen-bond acceptors (Lipinski definition) is 6. The largest absolute Gasteiger partial charge is 0.497 e. The maximum Gasteiger partial charge on any atom is 0.294 e. The third-order valence-electron chi connectivity index (χ3n) is 5.21. The monoisotopic (exact) mass is 620 g/mol. The lowest BCUT2D eigenvalue weighted by molar-refractivity contribution is -0.127. The number of thioether (sulfide) groups is 1. The molecule has 11 heteroatoms. The van der Waals surface area contributed by atoms with Gasteiger partial charge in [0, 0.05) is 31.3 Å². The molecule has 0 aromatic heterocycles. The average molecular weight is 622 g/mol. The van der Waals surface area contributed by atoms with Gasteiger partial charge in [-0.05, 0) is 72.4 Å². The van der Waals surface area contributed by atoms with E-state index in [0.717, 1.165) is 26.7 Å². The Balaban J connectivity index is 1.47. The molecule has 0 bridgehead atoms. The molecule has 1 N–H and O–H groups in total. The minimum atomic E-state index is -0.563. The van der Waals surface area contributed by atoms with Crippen LogP contribution < -0.4 is 14.8 Å². The number of ether oxygens (including phenoxy) is 2. The molecule has 3 amide bonds. The van der Waals surface area contributed by atoms with E-state index in [1.807, 2.05) is 0 Å². The van der Waals surface area contributed by atoms with Crippen molar-refractivity contribution < 1.29 is 23.9 Å². The number of nitrogens with zero attached hydrogens (tertiary/aromatic N) is 1. The molecule has 1 heterocycles. The normalized spacial score (nSPS) is 14.3. The number of rotatable bonds is 8. The number of halogens is 3. The van der Waals surface area contributed by atoms with E-state index in [-0.39, 0.29) is 11.5 Å². The Bertz CT molecular complexity index is 1400. The third-order valence-corrected chi connectivity index (χ3v) is 7.19. The molecule has 1 aliphatic heterocycles. The Labute approximate surface area is 235 Å². The Kier molecular flexibility index (Phi) is 8.81. The molecule has 1 fully saturated rings. The van der Waals surface area contributed by atoms with Crippen LogP contribution in [0.2, 0.25) is 10.0 Å². The van der Waals surface area contributed by atoms with Crippen molar-refractivity contribution in [3.8, 4) is 11.5 Å². The van der Waals surface area contributed by atoms with Crippen LogP contribution in [0, 0.1) is 0 Å². The van der Waals surface area contributed by atoms with Gasteiger partial charge in [0.15, 0.2) is 0 Å². The van der Waals surface area contributed by atoms with E-state index < -0.39 is 23.6 Å². The predicted molar refractivity (Wildman–Crippen MR) is 149 cm³/mol. The fourth-order valence-electron chi connectivity index (χ4n) is 3.35. The summed E-state index contributed by atoms with van der Waals surface area (Å²) in [6.45, 7) is -0.240. The van der Waals surface area contributed by atoms with Crippen molar-refractivity contribution in [3.05, 3.63) is 91.2 Å². The van der Waals surface area contributed by atoms with Crippen LogP contribution in [0.5, 0.6) is 11.5 Å². The number of hydrogen-bond donors (Lipinski definition) is 1. The zero-order valence-electron chi connectivity index (χ0n) is 19.3. The molecule has 1 saturated heterocycles. The van der Waals surface area contributed by atoms with Gasteiger partial charge < -0.3 is 14.8 Å². The zero-order valence-corrected chi connectivity index (χ0v) is 23.2. The van der Waals surface area contributed by atoms with Crippen molar-refractivity contribution in [2.24, 2.45) is 0 Å². The van der Waals surface area contributed by atoms with Crippen LogP contribution in [0.3, 0.4) is 0 Å². The van der Waals surface area contributed by atoms with Gasteiger partial charge in [-0.2, -0.15) is 0 Å². The van der Waals surface area contributed by atoms with Gasteiger partial charge in [0.1, 0.15) is 24.7 Å². The maximum absolute atomic E-state index is 13.0. The molecule has 190 valence electrons. The molecule has 0 saturated carbocycles. The Morgan fingerprint density at radius 1 is 1.08 bits per heavy atom. The molecule has 0 unspecified atom stereocenters. The van der Waals surface area contributed by atoms with E-state index in [9.17, 15) is 14.4 Å². The number of methoxy groups -OCH3 is 1. The summed E-state index contributed by atoms with van der Waals surface area (Å²) >= 11 is 16.4. The van der Waals surface area contributed by atoms with Gasteiger partial charge in [0.25, 0.3) is 11.1 Å². The molecule has 4 rings (SSSR count). The minimum absolute atomic E-state index is 0.172. The first kappa shape index (κ1) is 27.1. The topological polar surface area (TPSA) is 84.9 Å². The first-order valence-corrected chi connectivity index (χ1v) is 13.2. The highest BCUT2D eigenvalue weighted by Gasteiger charge is 2.36. The van der Waals surface area contributed by atoms with Crippen LogP contribution in [0.4, 0.5) is 10.5 Å². The van der Waals surface area contributed by atoms with Gasteiger partial charge in [-0.1, -0.05) is 45.2 Å². The lowest BCUT2D eigenvalue weighted by Gasteiger charge is -2.13. The molecule has 7 nitrogen and oxygen atoms in total. The number of amides is 3. The molecule has 0 radical (unpaired) electrons. The van der Waals surface area contributed by atoms with E-state index in [2.05, 4.69) is 21.2 Å². The smallest absolute Gasteiger partial charge is 0.294 e. The molecular formula is C26H19BrCl2N2O5S. The Hall–Kier alpha value is -2.98. The summed E-state index contributed by atoms with van der Waals surface area (Å²) in [7, 11) is 1.54. The highest BCUT2D eigenvalue weighted by atomic mass is 79.9. The number of benzene rings is 3. The molecule has 0 atom stereocenters. The van der Waals surface area contributed by atoms with E-state index >= 15 is 0 Å². The summed E-state index contributed by atoms with van der Waals surface area (Å²) in [6, 6.07) is 17.1. The minimum Gasteiger partial charge on any atom is -0.497 e. The highest BCUT2D eigenvalue weighted by Crippen LogP contribution is 2.35. The van der Waals surface area contributed by atoms with Crippen LogP contribution >= 0.6 is 50.9 Å². The summed E-state index contributed by atoms with van der Waals surface area (Å²) in [5.74, 6) is 0.0612. The zero-order chi connectivity index (χ0) is 26.5. The van der Waals surface area contributed by atoms with Gasteiger partial charge in [-0.25, -0.2) is 0 Å². The van der Waals surface area contributed by atoms with Crippen molar-refractivity contribution in [3.63, 3.8) is 0 Å². The third kappa shape index (κ3) is 6.87. The number of anilines is 1. The second-order valence-corrected chi connectivity index (χ2v) is 10.5. The van der Waals surface area contributed by atoms with Crippen LogP contribution in [0.15, 0.2) is 70.0 Å². The van der Waals surface area contributed by atoms with Crippen molar-refractivity contribution in [2.45, 2.75) is 6.61 Å². The lowest BCUT2D eigenvalue weighted by atomic mass is 10.1. The van der Waals surface area contributed by atoms with Crippen LogP contribution in [0.25, 0.3) is 6.08 Å². The molecule has 0 spiro atoms. The first-order chi connectivity index (χ1) is 17.7. The lowest BCUT2D eigenvalue weighted by Crippen LogP contribution is -2.36. The summed E-state index contributed by atoms with van der Waals surface area (Å²) in [4.78, 5) is 39.1. The standard InChI is InChI=1S/C26H19BrCl2N2O5S/c1-35-20-7-5-19(6-8-20)30-24(32)13-31-25(33)23(37-26(31)34)11-16-10-17(27)3-9-22(16)36-14-15-2-4-18(28)12-21(15)29/h2-12H,13-14H2,1H3,(H,30,32)/b23-11+. The van der Waals surface area contributed by atoms with E-state index in [4.69, 9.17) is 32.7 Å². The van der Waals surface area contributed by atoms with Crippen molar-refractivity contribution in [1.82, 2.24) is 4.90 Å². The van der Waals surface area contributed by atoms with E-state index in [0.29, 0.717) is 32.8 Å². The maximum atomic E-state index is 13.0. The van der Waals surface area contributed by atoms with Crippen LogP contribution in [-0.4, -0.2) is 35.6 Å². The molecule has 1 aliphatic rings. The first-order valence-electron chi connectivity index (χ1n) is 10.8. The summed E-state index contributed by atoms with van der Waals surface area (Å²) < 4.78 is 11.8. The molecule has 37 heavy (non-hydrogen) atoms. The van der Waals surface area contributed by atoms with Gasteiger partial charge in [0.05, 0.1) is 12.0 Å². The van der Waals surface area contributed by atoms with Gasteiger partial charge in [-0.15, -0.1) is 0 Å². The van der Waals surface area contributed by atoms with Gasteiger partial charge in [-0.3, -0.25) is 19.3 Å². The van der Waals surface area contributed by atoms with Crippen molar-refractivity contribution in [1.29, 1.82) is 0 Å². The summed E-state index contributed by atoms with van der Waals surface area (Å²) in [5.41, 5.74) is 1.83. The second kappa shape index (κ2) is 12.0. The molecular weight excluding hydrogens is 603 g/mol. The van der Waals surface area contributed by atoms with Crippen LogP contribution in [-0.2, 0) is 16.2 Å². The summed E-state index contributed by atoms with van der Waals surface area (Å²) in [6.07, 6.45) is 1.57. The predicted octanol–water partition coefficient (Wildman–Crippen LogP) is 7.02. The quantitative estimate of drug-likeness (QED) is 0.272. The van der Waals surface area contributed by atoms with E-state index in [1.54, 1.807) is 73.8 Å². The second-order valence-electron chi connectivity index (χ2n) is 7.75. The van der Waals surface area contributed by atoms with Crippen molar-refractivity contribution in [2.75, 3.05) is 19.0 Å². The number of nitrogens with one attached hydrogen (secondary N) is 1. The fraction of sp³-hybridized carbons (Fsp3) is 0.115. The molecule has 3 aromatic carbocycles. The van der Waals surface area contributed by atoms with E-state index in [1.165, 1.54) is 0 Å². The average Bonchev–Trinajstić information content (AvgIpc) is 3.12. The number of carbonyl (C=O) groups is 3. The number of carbonyl (C=O) groups excluding carboxylic acids is 3. The fourth-order valence-corrected chi connectivity index (χ4v) is 5.02. The SMILES string of the molecule is COc1ccc(NC(=O)CN2C(=O)S/C(=C/c3cc(Br)ccc3OCc3ccc(Cl)cc3Cl)C2=O)cc1. The van der Waals surface area contributed by atoms with Crippen LogP contribution in [0.1, 0.15) is 11.1 Å². The Morgan fingerprint density at radius 3 is 2.54 bits per heavy atom. The van der Waals surface area contributed by atoms with Gasteiger partial charge in [0.2, 0.25) is 5.91 Å². The number of imide groups is 1. The highest BCUT2D eigenvalue weighted by molar-refractivity contribution is 9.10.